The maximum Gasteiger partial charge on any atom is 0.330 e. The Balaban J connectivity index is 1.73. The van der Waals surface area contributed by atoms with Gasteiger partial charge in [0.25, 0.3) is 5.69 Å². The van der Waals surface area contributed by atoms with E-state index in [1.165, 1.54) is 17.0 Å². The van der Waals surface area contributed by atoms with Crippen molar-refractivity contribution in [3.05, 3.63) is 93.8 Å². The molecule has 7 heteroatoms. The summed E-state index contributed by atoms with van der Waals surface area (Å²) in [5.74, 6) is 0.687. The van der Waals surface area contributed by atoms with Gasteiger partial charge in [0, 0.05) is 30.8 Å². The number of urea groups is 1. The molecule has 4 rings (SSSR count). The van der Waals surface area contributed by atoms with Crippen LogP contribution in [0, 0.1) is 10.1 Å². The molecule has 0 bridgehead atoms. The number of nitro benzene ring substituents is 1. The quantitative estimate of drug-likeness (QED) is 0.668. The summed E-state index contributed by atoms with van der Waals surface area (Å²) >= 11 is 0. The zero-order valence-corrected chi connectivity index (χ0v) is 14.5. The van der Waals surface area contributed by atoms with Crippen LogP contribution in [0.2, 0.25) is 0 Å². The Morgan fingerprint density at radius 2 is 1.93 bits per heavy atom. The maximum absolute atomic E-state index is 13.3. The van der Waals surface area contributed by atoms with Crippen molar-refractivity contribution < 1.29 is 9.72 Å². The van der Waals surface area contributed by atoms with Gasteiger partial charge in [-0.1, -0.05) is 48.6 Å². The molecule has 2 aromatic carbocycles. The lowest BCUT2D eigenvalue weighted by molar-refractivity contribution is -0.384. The Labute approximate surface area is 156 Å². The van der Waals surface area contributed by atoms with E-state index >= 15 is 0 Å². The van der Waals surface area contributed by atoms with Crippen LogP contribution in [0.3, 0.4) is 0 Å². The number of amides is 2. The first-order chi connectivity index (χ1) is 13.1. The van der Waals surface area contributed by atoms with Crippen LogP contribution in [0.4, 0.5) is 16.2 Å². The average Bonchev–Trinajstić information content (AvgIpc) is 2.69. The Bertz CT molecular complexity index is 953. The van der Waals surface area contributed by atoms with Gasteiger partial charge in [0.15, 0.2) is 0 Å². The van der Waals surface area contributed by atoms with Gasteiger partial charge in [-0.2, -0.15) is 0 Å². The minimum Gasteiger partial charge on any atom is -0.367 e. The molecule has 0 spiro atoms. The number of hydrogen-bond donors (Lipinski definition) is 1. The van der Waals surface area contributed by atoms with E-state index in [9.17, 15) is 14.9 Å². The first-order valence-electron chi connectivity index (χ1n) is 8.64. The molecule has 1 N–H and O–H groups in total. The van der Waals surface area contributed by atoms with Crippen LogP contribution < -0.4 is 10.2 Å². The number of anilines is 1. The monoisotopic (exact) mass is 362 g/mol. The SMILES string of the molecule is O=C1N(Cc2ccccc2)CC2=C(NCC=C2)N1c1cccc([N+](=O)[O-])c1. The average molecular weight is 362 g/mol. The summed E-state index contributed by atoms with van der Waals surface area (Å²) in [6.07, 6.45) is 4.00. The van der Waals surface area contributed by atoms with Crippen molar-refractivity contribution in [3.8, 4) is 0 Å². The van der Waals surface area contributed by atoms with Gasteiger partial charge in [0.05, 0.1) is 17.2 Å². The van der Waals surface area contributed by atoms with Crippen molar-refractivity contribution in [1.82, 2.24) is 10.2 Å². The minimum atomic E-state index is -0.455. The fraction of sp³-hybridized carbons (Fsp3) is 0.150. The van der Waals surface area contributed by atoms with Crippen molar-refractivity contribution in [2.75, 3.05) is 18.0 Å². The van der Waals surface area contributed by atoms with Crippen LogP contribution in [0.5, 0.6) is 0 Å². The van der Waals surface area contributed by atoms with Gasteiger partial charge in [-0.3, -0.25) is 10.1 Å². The van der Waals surface area contributed by atoms with Gasteiger partial charge >= 0.3 is 6.03 Å². The van der Waals surface area contributed by atoms with Crippen LogP contribution in [-0.4, -0.2) is 28.9 Å². The number of carbonyl (C=O) groups is 1. The number of benzene rings is 2. The number of dihydropyridines is 1. The number of non-ortho nitro benzene ring substituents is 1. The second kappa shape index (κ2) is 6.95. The van der Waals surface area contributed by atoms with E-state index < -0.39 is 4.92 Å². The smallest absolute Gasteiger partial charge is 0.330 e. The van der Waals surface area contributed by atoms with Gasteiger partial charge in [0.1, 0.15) is 5.82 Å². The van der Waals surface area contributed by atoms with Gasteiger partial charge in [-0.25, -0.2) is 9.69 Å². The number of nitrogens with zero attached hydrogens (tertiary/aromatic N) is 3. The Morgan fingerprint density at radius 3 is 2.70 bits per heavy atom. The summed E-state index contributed by atoms with van der Waals surface area (Å²) in [7, 11) is 0. The highest BCUT2D eigenvalue weighted by Crippen LogP contribution is 2.31. The molecule has 2 aromatic rings. The molecule has 2 heterocycles. The standard InChI is InChI=1S/C20H18N4O3/c25-20-22(13-15-6-2-1-3-7-15)14-16-8-5-11-21-19(16)23(20)17-9-4-10-18(12-17)24(26)27/h1-10,12,21H,11,13-14H2. The summed E-state index contributed by atoms with van der Waals surface area (Å²) in [5, 5.41) is 14.4. The highest BCUT2D eigenvalue weighted by atomic mass is 16.6. The summed E-state index contributed by atoms with van der Waals surface area (Å²) in [6, 6.07) is 15.7. The summed E-state index contributed by atoms with van der Waals surface area (Å²) in [5.41, 5.74) is 2.43. The molecule has 0 unspecified atom stereocenters. The van der Waals surface area contributed by atoms with Crippen LogP contribution in [-0.2, 0) is 6.54 Å². The third kappa shape index (κ3) is 3.27. The van der Waals surface area contributed by atoms with Crippen molar-refractivity contribution in [2.24, 2.45) is 0 Å². The van der Waals surface area contributed by atoms with E-state index in [2.05, 4.69) is 5.32 Å². The van der Waals surface area contributed by atoms with Crippen molar-refractivity contribution in [1.29, 1.82) is 0 Å². The predicted molar refractivity (Wildman–Crippen MR) is 102 cm³/mol. The van der Waals surface area contributed by atoms with Gasteiger partial charge < -0.3 is 10.2 Å². The maximum atomic E-state index is 13.3. The lowest BCUT2D eigenvalue weighted by Gasteiger charge is -2.39. The van der Waals surface area contributed by atoms with E-state index in [-0.39, 0.29) is 11.7 Å². The minimum absolute atomic E-state index is 0.0472. The van der Waals surface area contributed by atoms with Crippen LogP contribution in [0.25, 0.3) is 0 Å². The topological polar surface area (TPSA) is 78.7 Å². The fourth-order valence-corrected chi connectivity index (χ4v) is 3.32. The number of carbonyl (C=O) groups excluding carboxylic acids is 1. The van der Waals surface area contributed by atoms with Crippen LogP contribution in [0.15, 0.2) is 78.1 Å². The first kappa shape index (κ1) is 16.8. The third-order valence-electron chi connectivity index (χ3n) is 4.57. The molecule has 2 amide bonds. The zero-order valence-electron chi connectivity index (χ0n) is 14.5. The lowest BCUT2D eigenvalue weighted by Crippen LogP contribution is -2.51. The Morgan fingerprint density at radius 1 is 1.11 bits per heavy atom. The molecule has 136 valence electrons. The largest absolute Gasteiger partial charge is 0.367 e. The summed E-state index contributed by atoms with van der Waals surface area (Å²) < 4.78 is 0. The second-order valence-corrected chi connectivity index (χ2v) is 6.39. The van der Waals surface area contributed by atoms with Gasteiger partial charge in [-0.15, -0.1) is 0 Å². The van der Waals surface area contributed by atoms with Gasteiger partial charge in [0.2, 0.25) is 0 Å². The van der Waals surface area contributed by atoms with Crippen molar-refractivity contribution in [2.45, 2.75) is 6.54 Å². The molecule has 0 aliphatic carbocycles. The fourth-order valence-electron chi connectivity index (χ4n) is 3.32. The zero-order chi connectivity index (χ0) is 18.8. The van der Waals surface area contributed by atoms with E-state index in [1.807, 2.05) is 42.5 Å². The Kier molecular flexibility index (Phi) is 4.33. The Hall–Kier alpha value is -3.61. The molecular weight excluding hydrogens is 344 g/mol. The van der Waals surface area contributed by atoms with E-state index in [1.54, 1.807) is 17.0 Å². The third-order valence-corrected chi connectivity index (χ3v) is 4.57. The van der Waals surface area contributed by atoms with E-state index in [0.29, 0.717) is 31.1 Å². The normalized spacial score (nSPS) is 16.2. The predicted octanol–water partition coefficient (Wildman–Crippen LogP) is 3.41. The molecule has 2 aliphatic heterocycles. The van der Waals surface area contributed by atoms with Crippen molar-refractivity contribution in [3.63, 3.8) is 0 Å². The molecule has 2 aliphatic rings. The van der Waals surface area contributed by atoms with Gasteiger partial charge in [-0.05, 0) is 11.6 Å². The molecule has 0 fully saturated rings. The number of nitrogens with one attached hydrogen (secondary N) is 1. The number of nitro groups is 1. The second-order valence-electron chi connectivity index (χ2n) is 6.39. The highest BCUT2D eigenvalue weighted by molar-refractivity contribution is 5.97. The molecule has 0 radical (unpaired) electrons. The summed E-state index contributed by atoms with van der Waals surface area (Å²) in [6.45, 7) is 1.56. The molecular formula is C20H18N4O3. The number of rotatable bonds is 4. The lowest BCUT2D eigenvalue weighted by atomic mass is 10.1. The highest BCUT2D eigenvalue weighted by Gasteiger charge is 2.34. The molecule has 0 aromatic heterocycles. The van der Waals surface area contributed by atoms with E-state index in [4.69, 9.17) is 0 Å². The molecule has 0 saturated carbocycles. The molecule has 0 atom stereocenters. The first-order valence-corrected chi connectivity index (χ1v) is 8.64. The summed E-state index contributed by atoms with van der Waals surface area (Å²) in [4.78, 5) is 27.2. The molecule has 0 saturated heterocycles. The van der Waals surface area contributed by atoms with Crippen LogP contribution in [0.1, 0.15) is 5.56 Å². The molecule has 7 nitrogen and oxygen atoms in total. The van der Waals surface area contributed by atoms with Crippen LogP contribution >= 0.6 is 0 Å². The number of hydrogen-bond acceptors (Lipinski definition) is 4. The van der Waals surface area contributed by atoms with Crippen molar-refractivity contribution >= 4 is 17.4 Å². The van der Waals surface area contributed by atoms with E-state index in [0.717, 1.165) is 11.1 Å². The molecule has 27 heavy (non-hydrogen) atoms.